The number of carbonyl (C=O) groups excluding carboxylic acids is 1. The maximum Gasteiger partial charge on any atom is 0.293 e. The molecule has 0 saturated carbocycles. The van der Waals surface area contributed by atoms with Gasteiger partial charge >= 0.3 is 0 Å². The maximum absolute atomic E-state index is 12.9. The summed E-state index contributed by atoms with van der Waals surface area (Å²) in [5.41, 5.74) is 6.97. The van der Waals surface area contributed by atoms with Crippen molar-refractivity contribution in [3.63, 3.8) is 0 Å². The number of aliphatic imine (C=N–C) groups is 1. The standard InChI is InChI=1S/C30H31N5O4S2/c1-18-13-19(2)28(20(3)14-18)33-29(36)21(4)40-30-32-24-7-6-23(16-27(24)41-30)31-17-22-5-8-25(26(15-22)35(37)38)34-9-11-39-12-10-34/h5-8,13-17,21H,9-12H2,1-4H3,(H,33,36)/t21-/m0/s1. The summed E-state index contributed by atoms with van der Waals surface area (Å²) in [5.74, 6) is -0.0664. The van der Waals surface area contributed by atoms with Crippen LogP contribution < -0.4 is 10.2 Å². The molecule has 0 bridgehead atoms. The first-order valence-electron chi connectivity index (χ1n) is 13.3. The van der Waals surface area contributed by atoms with E-state index in [4.69, 9.17) is 9.72 Å². The van der Waals surface area contributed by atoms with E-state index < -0.39 is 0 Å². The summed E-state index contributed by atoms with van der Waals surface area (Å²) in [6.45, 7) is 10.3. The lowest BCUT2D eigenvalue weighted by Crippen LogP contribution is -2.36. The van der Waals surface area contributed by atoms with Gasteiger partial charge in [0.2, 0.25) is 5.91 Å². The maximum atomic E-state index is 12.9. The van der Waals surface area contributed by atoms with E-state index in [0.717, 1.165) is 31.4 Å². The topological polar surface area (TPSA) is 110 Å². The van der Waals surface area contributed by atoms with E-state index in [2.05, 4.69) is 22.4 Å². The van der Waals surface area contributed by atoms with Crippen LogP contribution in [0.4, 0.5) is 22.7 Å². The quantitative estimate of drug-likeness (QED) is 0.104. The number of nitro benzene ring substituents is 1. The highest BCUT2D eigenvalue weighted by Crippen LogP contribution is 2.35. The fourth-order valence-electron chi connectivity index (χ4n) is 4.82. The fourth-order valence-corrected chi connectivity index (χ4v) is 7.06. The van der Waals surface area contributed by atoms with Crippen LogP contribution in [0.3, 0.4) is 0 Å². The number of aryl methyl sites for hydroxylation is 3. The van der Waals surface area contributed by atoms with Crippen molar-refractivity contribution in [2.45, 2.75) is 37.3 Å². The first-order chi connectivity index (χ1) is 19.7. The zero-order valence-electron chi connectivity index (χ0n) is 23.3. The third-order valence-corrected chi connectivity index (χ3v) is 9.05. The molecule has 1 N–H and O–H groups in total. The molecule has 2 heterocycles. The molecule has 4 aromatic rings. The Morgan fingerprint density at radius 3 is 2.59 bits per heavy atom. The molecule has 11 heteroatoms. The summed E-state index contributed by atoms with van der Waals surface area (Å²) >= 11 is 2.94. The molecule has 1 aliphatic rings. The highest BCUT2D eigenvalue weighted by molar-refractivity contribution is 8.02. The normalized spacial score (nSPS) is 14.5. The van der Waals surface area contributed by atoms with Crippen molar-refractivity contribution in [1.82, 2.24) is 4.98 Å². The third kappa shape index (κ3) is 6.75. The lowest BCUT2D eigenvalue weighted by molar-refractivity contribution is -0.384. The van der Waals surface area contributed by atoms with Gasteiger partial charge in [-0.1, -0.05) is 35.5 Å². The van der Waals surface area contributed by atoms with Gasteiger partial charge in [0.1, 0.15) is 5.69 Å². The highest BCUT2D eigenvalue weighted by atomic mass is 32.2. The molecule has 1 aliphatic heterocycles. The Morgan fingerprint density at radius 2 is 1.88 bits per heavy atom. The third-order valence-electron chi connectivity index (χ3n) is 6.84. The number of carbonyl (C=O) groups is 1. The van der Waals surface area contributed by atoms with E-state index in [0.29, 0.717) is 43.2 Å². The van der Waals surface area contributed by atoms with Crippen molar-refractivity contribution < 1.29 is 14.5 Å². The first kappa shape index (κ1) is 28.7. The van der Waals surface area contributed by atoms with Gasteiger partial charge in [-0.3, -0.25) is 19.9 Å². The molecule has 1 amide bonds. The first-order valence-corrected chi connectivity index (χ1v) is 15.0. The van der Waals surface area contributed by atoms with Crippen LogP contribution in [0.15, 0.2) is 57.9 Å². The van der Waals surface area contributed by atoms with Crippen LogP contribution >= 0.6 is 23.1 Å². The number of hydrogen-bond acceptors (Lipinski definition) is 9. The lowest BCUT2D eigenvalue weighted by atomic mass is 10.1. The van der Waals surface area contributed by atoms with Gasteiger partial charge < -0.3 is 15.0 Å². The summed E-state index contributed by atoms with van der Waals surface area (Å²) in [7, 11) is 0. The van der Waals surface area contributed by atoms with Crippen LogP contribution in [0.5, 0.6) is 0 Å². The number of nitro groups is 1. The van der Waals surface area contributed by atoms with Gasteiger partial charge in [0.05, 0.1) is 39.3 Å². The molecule has 3 aromatic carbocycles. The number of morpholine rings is 1. The van der Waals surface area contributed by atoms with E-state index in [-0.39, 0.29) is 21.8 Å². The zero-order chi connectivity index (χ0) is 29.1. The number of rotatable bonds is 8. The Balaban J connectivity index is 1.28. The van der Waals surface area contributed by atoms with E-state index in [9.17, 15) is 14.9 Å². The van der Waals surface area contributed by atoms with Crippen LogP contribution in [-0.2, 0) is 9.53 Å². The molecule has 212 valence electrons. The molecular formula is C30H31N5O4S2. The Kier molecular flexibility index (Phi) is 8.67. The number of hydrogen-bond donors (Lipinski definition) is 1. The monoisotopic (exact) mass is 589 g/mol. The Bertz CT molecular complexity index is 1620. The molecule has 1 saturated heterocycles. The molecule has 1 aromatic heterocycles. The summed E-state index contributed by atoms with van der Waals surface area (Å²) in [6, 6.07) is 15.0. The second-order valence-electron chi connectivity index (χ2n) is 10.0. The SMILES string of the molecule is Cc1cc(C)c(NC(=O)[C@H](C)Sc2nc3ccc(N=Cc4ccc(N5CCOCC5)c([N+](=O)[O-])c4)cc3s2)c(C)c1. The van der Waals surface area contributed by atoms with Crippen molar-refractivity contribution in [3.05, 3.63) is 80.9 Å². The van der Waals surface area contributed by atoms with Gasteiger partial charge in [0.15, 0.2) is 4.34 Å². The van der Waals surface area contributed by atoms with Crippen molar-refractivity contribution in [2.75, 3.05) is 36.5 Å². The van der Waals surface area contributed by atoms with Crippen molar-refractivity contribution >= 4 is 68.2 Å². The number of nitrogens with zero attached hydrogens (tertiary/aromatic N) is 4. The average molecular weight is 590 g/mol. The van der Waals surface area contributed by atoms with Crippen molar-refractivity contribution in [3.8, 4) is 0 Å². The van der Waals surface area contributed by atoms with E-state index in [1.54, 1.807) is 18.3 Å². The summed E-state index contributed by atoms with van der Waals surface area (Å²) in [4.78, 5) is 35.6. The number of fused-ring (bicyclic) bond motifs is 1. The Hall–Kier alpha value is -3.80. The molecule has 41 heavy (non-hydrogen) atoms. The van der Waals surface area contributed by atoms with Crippen molar-refractivity contribution in [1.29, 1.82) is 0 Å². The molecule has 0 radical (unpaired) electrons. The largest absolute Gasteiger partial charge is 0.378 e. The number of benzene rings is 3. The predicted molar refractivity (Wildman–Crippen MR) is 168 cm³/mol. The Labute approximate surface area is 246 Å². The van der Waals surface area contributed by atoms with Crippen LogP contribution in [0.1, 0.15) is 29.2 Å². The summed E-state index contributed by atoms with van der Waals surface area (Å²) in [6.07, 6.45) is 1.63. The minimum absolute atomic E-state index is 0.0567. The number of thiazole rings is 1. The molecule has 5 rings (SSSR count). The molecule has 0 unspecified atom stereocenters. The molecule has 0 spiro atoms. The molecule has 0 aliphatic carbocycles. The number of nitrogens with one attached hydrogen (secondary N) is 1. The predicted octanol–water partition coefficient (Wildman–Crippen LogP) is 6.84. The minimum atomic E-state index is -0.352. The van der Waals surface area contributed by atoms with E-state index >= 15 is 0 Å². The van der Waals surface area contributed by atoms with Crippen LogP contribution in [-0.4, -0.2) is 53.6 Å². The van der Waals surface area contributed by atoms with Gasteiger partial charge in [0.25, 0.3) is 5.69 Å². The number of anilines is 2. The number of ether oxygens (including phenoxy) is 1. The fraction of sp³-hybridized carbons (Fsp3) is 0.300. The lowest BCUT2D eigenvalue weighted by Gasteiger charge is -2.28. The Morgan fingerprint density at radius 1 is 1.15 bits per heavy atom. The molecular weight excluding hydrogens is 558 g/mol. The second kappa shape index (κ2) is 12.4. The van der Waals surface area contributed by atoms with E-state index in [1.165, 1.54) is 28.7 Å². The number of aromatic nitrogens is 1. The van der Waals surface area contributed by atoms with E-state index in [1.807, 2.05) is 56.9 Å². The molecule has 1 fully saturated rings. The van der Waals surface area contributed by atoms with Crippen LogP contribution in [0.2, 0.25) is 0 Å². The van der Waals surface area contributed by atoms with Gasteiger partial charge in [-0.25, -0.2) is 4.98 Å². The highest BCUT2D eigenvalue weighted by Gasteiger charge is 2.22. The van der Waals surface area contributed by atoms with Gasteiger partial charge in [-0.05, 0) is 68.7 Å². The van der Waals surface area contributed by atoms with Crippen molar-refractivity contribution in [2.24, 2.45) is 4.99 Å². The minimum Gasteiger partial charge on any atom is -0.378 e. The van der Waals surface area contributed by atoms with Crippen LogP contribution in [0, 0.1) is 30.9 Å². The summed E-state index contributed by atoms with van der Waals surface area (Å²) in [5, 5.41) is 14.5. The number of thioether (sulfide) groups is 1. The summed E-state index contributed by atoms with van der Waals surface area (Å²) < 4.78 is 7.13. The zero-order valence-corrected chi connectivity index (χ0v) is 25.0. The van der Waals surface area contributed by atoms with Gasteiger partial charge in [-0.2, -0.15) is 0 Å². The average Bonchev–Trinajstić information content (AvgIpc) is 3.35. The second-order valence-corrected chi connectivity index (χ2v) is 12.6. The van der Waals surface area contributed by atoms with Gasteiger partial charge in [-0.15, -0.1) is 11.3 Å². The van der Waals surface area contributed by atoms with Crippen LogP contribution in [0.25, 0.3) is 10.2 Å². The molecule has 9 nitrogen and oxygen atoms in total. The van der Waals surface area contributed by atoms with Gasteiger partial charge in [0, 0.05) is 31.1 Å². The smallest absolute Gasteiger partial charge is 0.293 e. The molecule has 1 atom stereocenters. The number of amides is 1.